The van der Waals surface area contributed by atoms with Crippen molar-refractivity contribution < 1.29 is 19.4 Å². The summed E-state index contributed by atoms with van der Waals surface area (Å²) >= 11 is 0. The molecule has 0 unspecified atom stereocenters. The maximum absolute atomic E-state index is 11.2. The third kappa shape index (κ3) is 4.24. The van der Waals surface area contributed by atoms with Gasteiger partial charge in [-0.05, 0) is 41.5 Å². The van der Waals surface area contributed by atoms with E-state index in [9.17, 15) is 9.90 Å². The van der Waals surface area contributed by atoms with E-state index in [2.05, 4.69) is 4.57 Å². The molecule has 0 bridgehead atoms. The molecular formula is C24H21NO4. The van der Waals surface area contributed by atoms with Crippen LogP contribution in [-0.2, 0) is 17.8 Å². The summed E-state index contributed by atoms with van der Waals surface area (Å²) in [5, 5.41) is 10.2. The molecule has 146 valence electrons. The molecule has 0 fully saturated rings. The van der Waals surface area contributed by atoms with E-state index >= 15 is 0 Å². The Kier molecular flexibility index (Phi) is 5.20. The molecule has 1 heterocycles. The van der Waals surface area contributed by atoms with E-state index in [0.717, 1.165) is 33.5 Å². The summed E-state index contributed by atoms with van der Waals surface area (Å²) in [7, 11) is 1.62. The van der Waals surface area contributed by atoms with Gasteiger partial charge in [0.1, 0.15) is 17.2 Å². The van der Waals surface area contributed by atoms with E-state index in [1.807, 2.05) is 79.0 Å². The van der Waals surface area contributed by atoms with Gasteiger partial charge in [-0.15, -0.1) is 0 Å². The fourth-order valence-electron chi connectivity index (χ4n) is 3.46. The molecule has 0 aliphatic carbocycles. The second kappa shape index (κ2) is 8.10. The Bertz CT molecular complexity index is 1160. The van der Waals surface area contributed by atoms with Gasteiger partial charge in [0.15, 0.2) is 0 Å². The zero-order valence-corrected chi connectivity index (χ0v) is 16.0. The van der Waals surface area contributed by atoms with Crippen molar-refractivity contribution >= 4 is 16.9 Å². The maximum atomic E-state index is 11.2. The predicted molar refractivity (Wildman–Crippen MR) is 112 cm³/mol. The number of ether oxygens (including phenoxy) is 2. The third-order valence-corrected chi connectivity index (χ3v) is 4.74. The molecule has 0 amide bonds. The molecule has 0 atom stereocenters. The summed E-state index contributed by atoms with van der Waals surface area (Å²) < 4.78 is 13.3. The second-order valence-electron chi connectivity index (χ2n) is 6.80. The third-order valence-electron chi connectivity index (χ3n) is 4.74. The quantitative estimate of drug-likeness (QED) is 0.478. The van der Waals surface area contributed by atoms with Crippen LogP contribution >= 0.6 is 0 Å². The van der Waals surface area contributed by atoms with E-state index in [4.69, 9.17) is 9.47 Å². The number of rotatable bonds is 7. The molecule has 0 radical (unpaired) electrons. The van der Waals surface area contributed by atoms with Crippen molar-refractivity contribution in [3.05, 3.63) is 90.1 Å². The molecule has 4 aromatic rings. The molecule has 1 N–H and O–H groups in total. The Hall–Kier alpha value is -3.73. The molecule has 0 saturated carbocycles. The number of aliphatic carboxylic acids is 1. The summed E-state index contributed by atoms with van der Waals surface area (Å²) in [4.78, 5) is 11.2. The number of methoxy groups -OCH3 is 1. The topological polar surface area (TPSA) is 60.7 Å². The SMILES string of the molecule is COc1cccc(Oc2cccc(Cn3cc(CC(=O)O)c4ccccc43)c2)c1. The van der Waals surface area contributed by atoms with Crippen LogP contribution in [0.4, 0.5) is 0 Å². The summed E-state index contributed by atoms with van der Waals surface area (Å²) in [6.07, 6.45) is 1.93. The fraction of sp³-hybridized carbons (Fsp3) is 0.125. The highest BCUT2D eigenvalue weighted by molar-refractivity contribution is 5.87. The summed E-state index contributed by atoms with van der Waals surface area (Å²) in [5.41, 5.74) is 2.90. The molecule has 5 nitrogen and oxygen atoms in total. The van der Waals surface area contributed by atoms with Crippen LogP contribution in [0.25, 0.3) is 10.9 Å². The number of hydrogen-bond donors (Lipinski definition) is 1. The first kappa shape index (κ1) is 18.6. The minimum Gasteiger partial charge on any atom is -0.497 e. The minimum atomic E-state index is -0.832. The van der Waals surface area contributed by atoms with Crippen molar-refractivity contribution in [2.75, 3.05) is 7.11 Å². The molecule has 4 rings (SSSR count). The number of para-hydroxylation sites is 1. The molecule has 0 aliphatic rings. The number of benzene rings is 3. The number of hydrogen-bond acceptors (Lipinski definition) is 3. The first-order valence-electron chi connectivity index (χ1n) is 9.32. The van der Waals surface area contributed by atoms with E-state index in [1.54, 1.807) is 7.11 Å². The summed E-state index contributed by atoms with van der Waals surface area (Å²) in [6.45, 7) is 0.620. The second-order valence-corrected chi connectivity index (χ2v) is 6.80. The van der Waals surface area contributed by atoms with Crippen LogP contribution in [-0.4, -0.2) is 22.8 Å². The van der Waals surface area contributed by atoms with Gasteiger partial charge in [0, 0.05) is 29.7 Å². The number of carboxylic acid groups (broad SMARTS) is 1. The average molecular weight is 387 g/mol. The van der Waals surface area contributed by atoms with Gasteiger partial charge in [0.2, 0.25) is 0 Å². The van der Waals surface area contributed by atoms with E-state index in [1.165, 1.54) is 0 Å². The molecule has 1 aromatic heterocycles. The van der Waals surface area contributed by atoms with Crippen LogP contribution in [0.5, 0.6) is 17.2 Å². The van der Waals surface area contributed by atoms with Crippen molar-refractivity contribution in [2.24, 2.45) is 0 Å². The van der Waals surface area contributed by atoms with Gasteiger partial charge in [-0.3, -0.25) is 4.79 Å². The first-order chi connectivity index (χ1) is 14.1. The predicted octanol–water partition coefficient (Wildman–Crippen LogP) is 5.12. The van der Waals surface area contributed by atoms with Gasteiger partial charge < -0.3 is 19.1 Å². The van der Waals surface area contributed by atoms with Crippen molar-refractivity contribution in [3.8, 4) is 17.2 Å². The van der Waals surface area contributed by atoms with Crippen molar-refractivity contribution in [2.45, 2.75) is 13.0 Å². The highest BCUT2D eigenvalue weighted by Crippen LogP contribution is 2.27. The summed E-state index contributed by atoms with van der Waals surface area (Å²) in [6, 6.07) is 23.2. The lowest BCUT2D eigenvalue weighted by Gasteiger charge is -2.10. The molecule has 29 heavy (non-hydrogen) atoms. The standard InChI is InChI=1S/C24H21NO4/c1-28-19-7-5-9-21(14-19)29-20-8-4-6-17(12-20)15-25-16-18(13-24(26)27)22-10-2-3-11-23(22)25/h2-12,14,16H,13,15H2,1H3,(H,26,27). The monoisotopic (exact) mass is 387 g/mol. The normalized spacial score (nSPS) is 10.8. The fourth-order valence-corrected chi connectivity index (χ4v) is 3.46. The maximum Gasteiger partial charge on any atom is 0.307 e. The summed E-state index contributed by atoms with van der Waals surface area (Å²) in [5.74, 6) is 1.35. The zero-order chi connectivity index (χ0) is 20.2. The first-order valence-corrected chi connectivity index (χ1v) is 9.32. The van der Waals surface area contributed by atoms with Crippen LogP contribution in [0, 0.1) is 0 Å². The molecule has 3 aromatic carbocycles. The Morgan fingerprint density at radius 2 is 1.66 bits per heavy atom. The van der Waals surface area contributed by atoms with Crippen LogP contribution < -0.4 is 9.47 Å². The number of carboxylic acids is 1. The van der Waals surface area contributed by atoms with Crippen molar-refractivity contribution in [3.63, 3.8) is 0 Å². The van der Waals surface area contributed by atoms with Gasteiger partial charge in [-0.1, -0.05) is 36.4 Å². The van der Waals surface area contributed by atoms with Crippen LogP contribution in [0.3, 0.4) is 0 Å². The van der Waals surface area contributed by atoms with E-state index < -0.39 is 5.97 Å². The van der Waals surface area contributed by atoms with Crippen LogP contribution in [0.2, 0.25) is 0 Å². The Labute approximate surface area is 168 Å². The zero-order valence-electron chi connectivity index (χ0n) is 16.0. The number of carbonyl (C=O) groups is 1. The lowest BCUT2D eigenvalue weighted by Crippen LogP contribution is -2.00. The average Bonchev–Trinajstić information content (AvgIpc) is 3.05. The Balaban J connectivity index is 1.60. The van der Waals surface area contributed by atoms with Crippen LogP contribution in [0.1, 0.15) is 11.1 Å². The van der Waals surface area contributed by atoms with Gasteiger partial charge in [-0.2, -0.15) is 0 Å². The molecule has 0 spiro atoms. The lowest BCUT2D eigenvalue weighted by atomic mass is 10.1. The van der Waals surface area contributed by atoms with Gasteiger partial charge in [0.25, 0.3) is 0 Å². The van der Waals surface area contributed by atoms with Gasteiger partial charge >= 0.3 is 5.97 Å². The molecular weight excluding hydrogens is 366 g/mol. The van der Waals surface area contributed by atoms with Crippen LogP contribution in [0.15, 0.2) is 79.0 Å². The Morgan fingerprint density at radius 1 is 0.931 bits per heavy atom. The smallest absolute Gasteiger partial charge is 0.307 e. The molecule has 0 aliphatic heterocycles. The lowest BCUT2D eigenvalue weighted by molar-refractivity contribution is -0.136. The molecule has 5 heteroatoms. The minimum absolute atomic E-state index is 0.00645. The number of fused-ring (bicyclic) bond motifs is 1. The van der Waals surface area contributed by atoms with E-state index in [-0.39, 0.29) is 6.42 Å². The number of nitrogens with zero attached hydrogens (tertiary/aromatic N) is 1. The Morgan fingerprint density at radius 3 is 2.45 bits per heavy atom. The van der Waals surface area contributed by atoms with Crippen molar-refractivity contribution in [1.29, 1.82) is 0 Å². The highest BCUT2D eigenvalue weighted by atomic mass is 16.5. The molecule has 0 saturated heterocycles. The largest absolute Gasteiger partial charge is 0.497 e. The number of aromatic nitrogens is 1. The van der Waals surface area contributed by atoms with E-state index in [0.29, 0.717) is 12.3 Å². The highest BCUT2D eigenvalue weighted by Gasteiger charge is 2.11. The van der Waals surface area contributed by atoms with Crippen molar-refractivity contribution in [1.82, 2.24) is 4.57 Å². The van der Waals surface area contributed by atoms with Gasteiger partial charge in [-0.25, -0.2) is 0 Å². The van der Waals surface area contributed by atoms with Gasteiger partial charge in [0.05, 0.1) is 13.5 Å².